The topological polar surface area (TPSA) is 9.23 Å². The van der Waals surface area contributed by atoms with E-state index in [1.54, 1.807) is 0 Å². The van der Waals surface area contributed by atoms with Crippen LogP contribution in [0.4, 0.5) is 4.39 Å². The average molecular weight is 67.1 g/mol. The van der Waals surface area contributed by atoms with E-state index in [0.717, 1.165) is 0 Å². The highest BCUT2D eigenvalue weighted by atomic mass is 19.1. The summed E-state index contributed by atoms with van der Waals surface area (Å²) in [6.07, 6.45) is 0. The van der Waals surface area contributed by atoms with Crippen LogP contribution in [0.1, 0.15) is 4.11 Å². The maximum atomic E-state index is 10.9. The molecule has 0 saturated heterocycles. The number of methoxy groups -OCH3 is 1. The zero-order chi connectivity index (χ0) is 5.91. The molecule has 0 atom stereocenters. The summed E-state index contributed by atoms with van der Waals surface area (Å²) in [4.78, 5) is 0. The molecule has 0 amide bonds. The molecule has 0 rings (SSSR count). The molecule has 0 heterocycles. The van der Waals surface area contributed by atoms with Gasteiger partial charge in [0.25, 0.3) is 0 Å². The van der Waals surface area contributed by atoms with Gasteiger partial charge in [-0.25, -0.2) is 4.39 Å². The molecule has 0 aromatic heterocycles. The van der Waals surface area contributed by atoms with Gasteiger partial charge in [0.05, 0.1) is 4.11 Å². The second-order valence-electron chi connectivity index (χ2n) is 0.253. The molecule has 2 heteroatoms. The van der Waals surface area contributed by atoms with Crippen LogP contribution in [-0.2, 0) is 4.74 Å². The van der Waals surface area contributed by atoms with Crippen molar-refractivity contribution in [1.82, 2.24) is 0 Å². The van der Waals surface area contributed by atoms with E-state index in [2.05, 4.69) is 4.74 Å². The normalized spacial score (nSPS) is 21.8. The van der Waals surface area contributed by atoms with Crippen LogP contribution in [0.2, 0.25) is 0 Å². The van der Waals surface area contributed by atoms with E-state index in [9.17, 15) is 4.39 Å². The van der Waals surface area contributed by atoms with Gasteiger partial charge < -0.3 is 4.74 Å². The Morgan fingerprint density at radius 3 is 3.25 bits per heavy atom. The first-order valence-corrected chi connectivity index (χ1v) is 0.760. The van der Waals surface area contributed by atoms with Crippen molar-refractivity contribution in [3.8, 4) is 0 Å². The monoisotopic (exact) mass is 67.1 g/mol. The first kappa shape index (κ1) is 0.937. The Balaban J connectivity index is 3.15. The third-order valence-electron chi connectivity index (χ3n) is 0.0546. The van der Waals surface area contributed by atoms with Crippen molar-refractivity contribution in [1.29, 1.82) is 0 Å². The first-order chi connectivity index (χ1) is 3.06. The fourth-order valence-electron chi connectivity index (χ4n) is 0. The van der Waals surface area contributed by atoms with Gasteiger partial charge in [0.1, 0.15) is 0 Å². The lowest BCUT2D eigenvalue weighted by Crippen LogP contribution is -1.70. The number of ether oxygens (including phenoxy) is 1. The zero-order valence-corrected chi connectivity index (χ0v) is 1.99. The lowest BCUT2D eigenvalue weighted by molar-refractivity contribution is 0.104. The SMILES string of the molecule is [2H]C([2H])([2H])OCF. The summed E-state index contributed by atoms with van der Waals surface area (Å²) in [6, 6.07) is 0. The first-order valence-electron chi connectivity index (χ1n) is 2.26. The van der Waals surface area contributed by atoms with Gasteiger partial charge in [-0.3, -0.25) is 0 Å². The van der Waals surface area contributed by atoms with Crippen LogP contribution >= 0.6 is 0 Å². The van der Waals surface area contributed by atoms with Crippen LogP contribution in [0, 0.1) is 0 Å². The Labute approximate surface area is 28.6 Å². The Hall–Kier alpha value is -0.110. The van der Waals surface area contributed by atoms with Gasteiger partial charge in [-0.05, 0) is 0 Å². The number of rotatable bonds is 1. The van der Waals surface area contributed by atoms with Crippen molar-refractivity contribution in [3.05, 3.63) is 0 Å². The van der Waals surface area contributed by atoms with E-state index in [-0.39, 0.29) is 0 Å². The smallest absolute Gasteiger partial charge is 0.187 e. The van der Waals surface area contributed by atoms with Crippen molar-refractivity contribution in [2.75, 3.05) is 13.9 Å². The van der Waals surface area contributed by atoms with Gasteiger partial charge in [0, 0.05) is 7.04 Å². The molecule has 0 aromatic rings. The molecule has 0 aromatic carbocycles. The highest BCUT2D eigenvalue weighted by Gasteiger charge is 1.55. The second kappa shape index (κ2) is 2.89. The van der Waals surface area contributed by atoms with Crippen LogP contribution < -0.4 is 0 Å². The van der Waals surface area contributed by atoms with Gasteiger partial charge >= 0.3 is 0 Å². The zero-order valence-electron chi connectivity index (χ0n) is 4.99. The predicted molar refractivity (Wildman–Crippen MR) is 13.0 cm³/mol. The summed E-state index contributed by atoms with van der Waals surface area (Å²) >= 11 is 0. The third-order valence-corrected chi connectivity index (χ3v) is 0.0546. The van der Waals surface area contributed by atoms with Crippen molar-refractivity contribution in [2.45, 2.75) is 0 Å². The molecule has 0 aliphatic carbocycles. The van der Waals surface area contributed by atoms with Crippen LogP contribution in [-0.4, -0.2) is 13.9 Å². The van der Waals surface area contributed by atoms with Gasteiger partial charge in [0.15, 0.2) is 6.86 Å². The highest BCUT2D eigenvalue weighted by Crippen LogP contribution is 1.58. The lowest BCUT2D eigenvalue weighted by atomic mass is 11.5. The molecule has 4 heavy (non-hydrogen) atoms. The van der Waals surface area contributed by atoms with Crippen LogP contribution in [0.3, 0.4) is 0 Å². The molecule has 0 N–H and O–H groups in total. The van der Waals surface area contributed by atoms with Crippen LogP contribution in [0.15, 0.2) is 0 Å². The summed E-state index contributed by atoms with van der Waals surface area (Å²) < 4.78 is 33.1. The molecule has 0 bridgehead atoms. The molecular formula is C2H5FO. The van der Waals surface area contributed by atoms with Gasteiger partial charge in [-0.2, -0.15) is 0 Å². The summed E-state index contributed by atoms with van der Waals surface area (Å²) in [7, 11) is -2.57. The van der Waals surface area contributed by atoms with Gasteiger partial charge in [-0.15, -0.1) is 0 Å². The number of hydrogen-bond acceptors (Lipinski definition) is 1. The molecule has 0 aliphatic heterocycles. The largest absolute Gasteiger partial charge is 0.354 e. The van der Waals surface area contributed by atoms with E-state index in [0.29, 0.717) is 0 Å². The molecule has 0 spiro atoms. The summed E-state index contributed by atoms with van der Waals surface area (Å²) in [5, 5.41) is 0. The molecule has 1 nitrogen and oxygen atoms in total. The molecule has 0 unspecified atom stereocenters. The standard InChI is InChI=1S/C2H5FO/c1-4-2-3/h2H2,1H3/i1D3. The Bertz CT molecular complexity index is 51.4. The van der Waals surface area contributed by atoms with Crippen molar-refractivity contribution in [3.63, 3.8) is 0 Å². The van der Waals surface area contributed by atoms with Crippen molar-refractivity contribution >= 4 is 0 Å². The quantitative estimate of drug-likeness (QED) is 0.435. The fourth-order valence-corrected chi connectivity index (χ4v) is 0. The van der Waals surface area contributed by atoms with E-state index >= 15 is 0 Å². The minimum atomic E-state index is -2.57. The lowest BCUT2D eigenvalue weighted by Gasteiger charge is -1.72. The Morgan fingerprint density at radius 1 is 2.50 bits per heavy atom. The molecule has 26 valence electrons. The number of hydrogen-bond donors (Lipinski definition) is 0. The second-order valence-corrected chi connectivity index (χ2v) is 0.253. The van der Waals surface area contributed by atoms with Crippen LogP contribution in [0.25, 0.3) is 0 Å². The summed E-state index contributed by atoms with van der Waals surface area (Å²) in [5.41, 5.74) is 0. The van der Waals surface area contributed by atoms with E-state index in [4.69, 9.17) is 4.11 Å². The van der Waals surface area contributed by atoms with Crippen LogP contribution in [0.5, 0.6) is 0 Å². The van der Waals surface area contributed by atoms with E-state index < -0.39 is 13.9 Å². The van der Waals surface area contributed by atoms with Gasteiger partial charge in [-0.1, -0.05) is 0 Å². The van der Waals surface area contributed by atoms with Crippen molar-refractivity contribution in [2.24, 2.45) is 0 Å². The highest BCUT2D eigenvalue weighted by molar-refractivity contribution is 3.74. The molecule has 0 aliphatic rings. The minimum Gasteiger partial charge on any atom is -0.354 e. The van der Waals surface area contributed by atoms with E-state index in [1.807, 2.05) is 0 Å². The predicted octanol–water partition coefficient (Wildman–Crippen LogP) is 0.560. The number of alkyl halides is 1. The van der Waals surface area contributed by atoms with Gasteiger partial charge in [0.2, 0.25) is 0 Å². The number of halogens is 1. The summed E-state index contributed by atoms with van der Waals surface area (Å²) in [6.45, 7) is -1.25. The van der Waals surface area contributed by atoms with E-state index in [1.165, 1.54) is 0 Å². The summed E-state index contributed by atoms with van der Waals surface area (Å²) in [5.74, 6) is 0. The maximum absolute atomic E-state index is 10.9. The molecule has 0 fully saturated rings. The van der Waals surface area contributed by atoms with Crippen molar-refractivity contribution < 1.29 is 13.2 Å². The molecule has 0 radical (unpaired) electrons. The third kappa shape index (κ3) is 1.89. The molecule has 0 saturated carbocycles. The molecular weight excluding hydrogens is 59.0 g/mol. The fraction of sp³-hybridized carbons (Fsp3) is 1.00. The minimum absolute atomic E-state index is 1.25. The average Bonchev–Trinajstić information content (AvgIpc) is 1.30. The maximum Gasteiger partial charge on any atom is 0.187 e. The Morgan fingerprint density at radius 2 is 3.25 bits per heavy atom. The Kier molecular flexibility index (Phi) is 0.677.